The summed E-state index contributed by atoms with van der Waals surface area (Å²) in [4.78, 5) is 11.1. The molecular weight excluding hydrogens is 228 g/mol. The van der Waals surface area contributed by atoms with Gasteiger partial charge in [0.15, 0.2) is 11.5 Å². The molecule has 0 atom stereocenters. The maximum atomic E-state index is 11.1. The molecule has 0 saturated carbocycles. The molecule has 0 spiro atoms. The highest BCUT2D eigenvalue weighted by Crippen LogP contribution is 2.32. The molecule has 0 bridgehead atoms. The Hall–Kier alpha value is -2.49. The Kier molecular flexibility index (Phi) is 2.93. The predicted molar refractivity (Wildman–Crippen MR) is 73.2 cm³/mol. The van der Waals surface area contributed by atoms with E-state index in [0.717, 1.165) is 10.8 Å². The fraction of sp³-hybridized carbons (Fsp3) is 0.0714. The second kappa shape index (κ2) is 4.41. The number of ether oxygens (including phenoxy) is 1. The Morgan fingerprint density at radius 2 is 1.89 bits per heavy atom. The highest BCUT2D eigenvalue weighted by molar-refractivity contribution is 5.99. The Morgan fingerprint density at radius 1 is 1.17 bits per heavy atom. The van der Waals surface area contributed by atoms with Gasteiger partial charge in [0, 0.05) is 29.1 Å². The maximum absolute atomic E-state index is 11.1. The minimum atomic E-state index is -0.213. The zero-order valence-electron chi connectivity index (χ0n) is 10.1. The minimum absolute atomic E-state index is 0.0953. The lowest BCUT2D eigenvalue weighted by molar-refractivity contribution is -0.115. The number of nitrogen functional groups attached to an aromatic ring is 2. The van der Waals surface area contributed by atoms with Crippen LogP contribution in [0, 0.1) is 0 Å². The first-order valence-corrected chi connectivity index (χ1v) is 5.44. The van der Waals surface area contributed by atoms with Gasteiger partial charge in [0.1, 0.15) is 5.75 Å². The molecule has 4 nitrogen and oxygen atoms in total. The van der Waals surface area contributed by atoms with Crippen LogP contribution in [-0.2, 0) is 4.79 Å². The van der Waals surface area contributed by atoms with Crippen molar-refractivity contribution >= 4 is 27.9 Å². The molecule has 4 N–H and O–H groups in total. The molecule has 0 fully saturated rings. The van der Waals surface area contributed by atoms with E-state index in [-0.39, 0.29) is 11.5 Å². The summed E-state index contributed by atoms with van der Waals surface area (Å²) in [5, 5.41) is 1.59. The Labute approximate surface area is 105 Å². The molecule has 0 saturated heterocycles. The predicted octanol–water partition coefficient (Wildman–Crippen LogP) is 2.49. The largest absolute Gasteiger partial charge is 0.454 e. The monoisotopic (exact) mass is 242 g/mol. The highest BCUT2D eigenvalue weighted by Gasteiger charge is 2.09. The van der Waals surface area contributed by atoms with Gasteiger partial charge in [-0.15, -0.1) is 0 Å². The van der Waals surface area contributed by atoms with Crippen molar-refractivity contribution in [1.82, 2.24) is 0 Å². The van der Waals surface area contributed by atoms with Crippen LogP contribution in [0.1, 0.15) is 6.92 Å². The van der Waals surface area contributed by atoms with Gasteiger partial charge in [0.25, 0.3) is 0 Å². The molecule has 0 unspecified atom stereocenters. The summed E-state index contributed by atoms with van der Waals surface area (Å²) in [6, 6.07) is 8.76. The Balaban J connectivity index is 2.56. The molecule has 0 radical (unpaired) electrons. The van der Waals surface area contributed by atoms with Crippen molar-refractivity contribution in [3.05, 3.63) is 42.7 Å². The van der Waals surface area contributed by atoms with Gasteiger partial charge in [-0.1, -0.05) is 6.58 Å². The summed E-state index contributed by atoms with van der Waals surface area (Å²) in [6.45, 7) is 4.97. The van der Waals surface area contributed by atoms with E-state index in [1.165, 1.54) is 6.92 Å². The number of fused-ring (bicyclic) bond motifs is 1. The number of anilines is 2. The van der Waals surface area contributed by atoms with Gasteiger partial charge in [0.2, 0.25) is 0 Å². The lowest BCUT2D eigenvalue weighted by Crippen LogP contribution is -2.03. The molecule has 2 aromatic rings. The second-order valence-electron chi connectivity index (χ2n) is 4.04. The Morgan fingerprint density at radius 3 is 2.56 bits per heavy atom. The van der Waals surface area contributed by atoms with Gasteiger partial charge in [-0.2, -0.15) is 0 Å². The van der Waals surface area contributed by atoms with E-state index < -0.39 is 0 Å². The van der Waals surface area contributed by atoms with E-state index in [2.05, 4.69) is 6.58 Å². The van der Waals surface area contributed by atoms with E-state index in [0.29, 0.717) is 17.1 Å². The average Bonchev–Trinajstić information content (AvgIpc) is 2.32. The second-order valence-corrected chi connectivity index (χ2v) is 4.04. The van der Waals surface area contributed by atoms with Gasteiger partial charge >= 0.3 is 0 Å². The molecule has 4 heteroatoms. The third kappa shape index (κ3) is 2.13. The zero-order valence-corrected chi connectivity index (χ0v) is 10.1. The van der Waals surface area contributed by atoms with Crippen molar-refractivity contribution in [3.63, 3.8) is 0 Å². The molecule has 2 rings (SSSR count). The van der Waals surface area contributed by atoms with Gasteiger partial charge in [0.05, 0.1) is 0 Å². The standard InChI is InChI=1S/C14H14N2O2/c1-8(17)9(2)18-14-6-5-13(16)12-7-10(15)3-4-11(12)14/h3-7H,2,15-16H2,1H3. The van der Waals surface area contributed by atoms with E-state index in [9.17, 15) is 4.79 Å². The first-order valence-electron chi connectivity index (χ1n) is 5.44. The first-order chi connectivity index (χ1) is 8.49. The molecular formula is C14H14N2O2. The van der Waals surface area contributed by atoms with Crippen LogP contribution >= 0.6 is 0 Å². The summed E-state index contributed by atoms with van der Waals surface area (Å²) >= 11 is 0. The van der Waals surface area contributed by atoms with E-state index in [1.807, 2.05) is 6.07 Å². The lowest BCUT2D eigenvalue weighted by atomic mass is 10.1. The van der Waals surface area contributed by atoms with Crippen LogP contribution in [0.25, 0.3) is 10.8 Å². The number of benzene rings is 2. The van der Waals surface area contributed by atoms with Gasteiger partial charge in [-0.3, -0.25) is 4.79 Å². The van der Waals surface area contributed by atoms with Gasteiger partial charge in [-0.25, -0.2) is 0 Å². The highest BCUT2D eigenvalue weighted by atomic mass is 16.5. The van der Waals surface area contributed by atoms with Gasteiger partial charge in [-0.05, 0) is 30.3 Å². The third-order valence-electron chi connectivity index (χ3n) is 2.66. The van der Waals surface area contributed by atoms with Crippen molar-refractivity contribution in [2.24, 2.45) is 0 Å². The number of hydrogen-bond donors (Lipinski definition) is 2. The number of ketones is 1. The van der Waals surface area contributed by atoms with Crippen LogP contribution in [0.5, 0.6) is 5.75 Å². The summed E-state index contributed by atoms with van der Waals surface area (Å²) in [5.41, 5.74) is 12.8. The fourth-order valence-electron chi connectivity index (χ4n) is 1.65. The molecule has 2 aromatic carbocycles. The summed E-state index contributed by atoms with van der Waals surface area (Å²) in [6.07, 6.45) is 0. The lowest BCUT2D eigenvalue weighted by Gasteiger charge is -2.11. The molecule has 92 valence electrons. The number of allylic oxidation sites excluding steroid dienone is 1. The van der Waals surface area contributed by atoms with Crippen molar-refractivity contribution in [3.8, 4) is 5.75 Å². The van der Waals surface area contributed by atoms with Crippen molar-refractivity contribution < 1.29 is 9.53 Å². The smallest absolute Gasteiger partial charge is 0.194 e. The molecule has 0 aromatic heterocycles. The number of hydrogen-bond acceptors (Lipinski definition) is 4. The minimum Gasteiger partial charge on any atom is -0.454 e. The number of Topliss-reactive ketones (excluding diaryl/α,β-unsaturated/α-hetero) is 1. The van der Waals surface area contributed by atoms with Crippen LogP contribution in [-0.4, -0.2) is 5.78 Å². The zero-order chi connectivity index (χ0) is 13.3. The van der Waals surface area contributed by atoms with Crippen molar-refractivity contribution in [2.45, 2.75) is 6.92 Å². The quantitative estimate of drug-likeness (QED) is 0.492. The van der Waals surface area contributed by atoms with Crippen molar-refractivity contribution in [1.29, 1.82) is 0 Å². The fourth-order valence-corrected chi connectivity index (χ4v) is 1.65. The molecule has 18 heavy (non-hydrogen) atoms. The van der Waals surface area contributed by atoms with Crippen LogP contribution in [0.3, 0.4) is 0 Å². The van der Waals surface area contributed by atoms with E-state index in [1.54, 1.807) is 24.3 Å². The molecule has 0 aliphatic rings. The van der Waals surface area contributed by atoms with Crippen LogP contribution in [0.15, 0.2) is 42.7 Å². The molecule has 0 amide bonds. The topological polar surface area (TPSA) is 78.3 Å². The number of carbonyl (C=O) groups is 1. The van der Waals surface area contributed by atoms with Gasteiger partial charge < -0.3 is 16.2 Å². The average molecular weight is 242 g/mol. The van der Waals surface area contributed by atoms with Crippen LogP contribution < -0.4 is 16.2 Å². The van der Waals surface area contributed by atoms with Crippen LogP contribution in [0.2, 0.25) is 0 Å². The summed E-state index contributed by atoms with van der Waals surface area (Å²) in [7, 11) is 0. The number of nitrogens with two attached hydrogens (primary N) is 2. The Bertz CT molecular complexity index is 648. The third-order valence-corrected chi connectivity index (χ3v) is 2.66. The summed E-state index contributed by atoms with van der Waals surface area (Å²) in [5.74, 6) is 0.424. The molecule has 0 aliphatic carbocycles. The molecule has 0 aliphatic heterocycles. The maximum Gasteiger partial charge on any atom is 0.194 e. The van der Waals surface area contributed by atoms with E-state index >= 15 is 0 Å². The van der Waals surface area contributed by atoms with Crippen LogP contribution in [0.4, 0.5) is 11.4 Å². The number of rotatable bonds is 3. The first kappa shape index (κ1) is 12.0. The summed E-state index contributed by atoms with van der Waals surface area (Å²) < 4.78 is 5.44. The SMILES string of the molecule is C=C(Oc1ccc(N)c2cc(N)ccc12)C(C)=O. The normalized spacial score (nSPS) is 10.3. The molecule has 0 heterocycles. The van der Waals surface area contributed by atoms with E-state index in [4.69, 9.17) is 16.2 Å². The number of carbonyl (C=O) groups excluding carboxylic acids is 1. The van der Waals surface area contributed by atoms with Crippen molar-refractivity contribution in [2.75, 3.05) is 11.5 Å².